The Hall–Kier alpha value is -0.0800. The topological polar surface area (TPSA) is 15.3 Å². The molecule has 2 nitrogen and oxygen atoms in total. The predicted molar refractivity (Wildman–Crippen MR) is 65.1 cm³/mol. The minimum atomic E-state index is 0.691. The molecule has 0 aromatic heterocycles. The van der Waals surface area contributed by atoms with E-state index >= 15 is 0 Å². The Morgan fingerprint density at radius 3 is 2.47 bits per heavy atom. The van der Waals surface area contributed by atoms with Gasteiger partial charge in [-0.1, -0.05) is 25.7 Å². The molecular weight excluding hydrogens is 184 g/mol. The molecule has 88 valence electrons. The molecule has 2 aliphatic rings. The molecule has 0 amide bonds. The minimum absolute atomic E-state index is 0.691. The van der Waals surface area contributed by atoms with Crippen LogP contribution in [0, 0.1) is 0 Å². The number of hydrogen-bond donors (Lipinski definition) is 1. The lowest BCUT2D eigenvalue weighted by molar-refractivity contribution is 0.178. The number of hydrogen-bond acceptors (Lipinski definition) is 2. The first-order valence-electron chi connectivity index (χ1n) is 6.83. The molecule has 1 aliphatic heterocycles. The summed E-state index contributed by atoms with van der Waals surface area (Å²) in [6.07, 6.45) is 10.1. The third-order valence-corrected chi connectivity index (χ3v) is 3.96. The molecule has 2 rings (SSSR count). The zero-order valence-electron chi connectivity index (χ0n) is 10.2. The Bertz CT molecular complexity index is 173. The van der Waals surface area contributed by atoms with Crippen LogP contribution >= 0.6 is 0 Å². The molecule has 2 heteroatoms. The van der Waals surface area contributed by atoms with Gasteiger partial charge in [0, 0.05) is 18.6 Å². The van der Waals surface area contributed by atoms with E-state index in [9.17, 15) is 0 Å². The maximum absolute atomic E-state index is 3.59. The molecule has 0 bridgehead atoms. The van der Waals surface area contributed by atoms with Crippen LogP contribution in [-0.4, -0.2) is 36.6 Å². The van der Waals surface area contributed by atoms with Crippen LogP contribution in [0.15, 0.2) is 0 Å². The van der Waals surface area contributed by atoms with Gasteiger partial charge in [0.1, 0.15) is 0 Å². The van der Waals surface area contributed by atoms with Crippen LogP contribution in [0.5, 0.6) is 0 Å². The summed E-state index contributed by atoms with van der Waals surface area (Å²) in [6, 6.07) is 1.59. The van der Waals surface area contributed by atoms with Crippen molar-refractivity contribution in [1.82, 2.24) is 10.2 Å². The van der Waals surface area contributed by atoms with Gasteiger partial charge >= 0.3 is 0 Å². The van der Waals surface area contributed by atoms with Gasteiger partial charge in [-0.15, -0.1) is 0 Å². The summed E-state index contributed by atoms with van der Waals surface area (Å²) in [4.78, 5) is 2.76. The Balaban J connectivity index is 1.88. The predicted octanol–water partition coefficient (Wildman–Crippen LogP) is 2.39. The van der Waals surface area contributed by atoms with Crippen molar-refractivity contribution in [2.24, 2.45) is 0 Å². The second-order valence-corrected chi connectivity index (χ2v) is 5.35. The van der Waals surface area contributed by atoms with Crippen molar-refractivity contribution in [1.29, 1.82) is 0 Å². The van der Waals surface area contributed by atoms with Crippen LogP contribution in [0.3, 0.4) is 0 Å². The van der Waals surface area contributed by atoms with E-state index in [-0.39, 0.29) is 0 Å². The van der Waals surface area contributed by atoms with E-state index in [1.165, 1.54) is 64.6 Å². The van der Waals surface area contributed by atoms with Crippen LogP contribution in [-0.2, 0) is 0 Å². The van der Waals surface area contributed by atoms with Crippen molar-refractivity contribution >= 4 is 0 Å². The highest BCUT2D eigenvalue weighted by atomic mass is 15.2. The fraction of sp³-hybridized carbons (Fsp3) is 1.00. The van der Waals surface area contributed by atoms with E-state index in [1.807, 2.05) is 0 Å². The zero-order valence-corrected chi connectivity index (χ0v) is 10.2. The molecule has 0 aromatic rings. The molecule has 1 atom stereocenters. The second kappa shape index (κ2) is 5.86. The molecule has 1 aliphatic carbocycles. The number of nitrogens with zero attached hydrogens (tertiary/aromatic N) is 1. The fourth-order valence-electron chi connectivity index (χ4n) is 3.09. The molecule has 1 saturated heterocycles. The van der Waals surface area contributed by atoms with Gasteiger partial charge in [-0.3, -0.25) is 4.90 Å². The zero-order chi connectivity index (χ0) is 10.5. The monoisotopic (exact) mass is 210 g/mol. The summed E-state index contributed by atoms with van der Waals surface area (Å²) >= 11 is 0. The molecule has 0 spiro atoms. The third-order valence-electron chi connectivity index (χ3n) is 3.96. The number of rotatable bonds is 1. The fourth-order valence-corrected chi connectivity index (χ4v) is 3.09. The molecule has 0 aromatic carbocycles. The van der Waals surface area contributed by atoms with Crippen LogP contribution < -0.4 is 5.32 Å². The summed E-state index contributed by atoms with van der Waals surface area (Å²) in [7, 11) is 0. The van der Waals surface area contributed by atoms with E-state index in [1.54, 1.807) is 0 Å². The highest BCUT2D eigenvalue weighted by Gasteiger charge is 2.22. The summed E-state index contributed by atoms with van der Waals surface area (Å²) < 4.78 is 0. The van der Waals surface area contributed by atoms with Gasteiger partial charge in [0.15, 0.2) is 0 Å². The molecule has 1 saturated carbocycles. The third kappa shape index (κ3) is 3.46. The summed E-state index contributed by atoms with van der Waals surface area (Å²) in [5.74, 6) is 0. The highest BCUT2D eigenvalue weighted by molar-refractivity contribution is 4.80. The Kier molecular flexibility index (Phi) is 4.45. The standard InChI is InChI=1S/C13H26N2/c1-12-11-15(10-6-9-14-12)13-7-4-2-3-5-8-13/h12-14H,2-11H2,1H3. The normalized spacial score (nSPS) is 32.2. The van der Waals surface area contributed by atoms with Crippen molar-refractivity contribution in [2.75, 3.05) is 19.6 Å². The van der Waals surface area contributed by atoms with Gasteiger partial charge in [-0.25, -0.2) is 0 Å². The van der Waals surface area contributed by atoms with E-state index in [0.717, 1.165) is 6.04 Å². The summed E-state index contributed by atoms with van der Waals surface area (Å²) in [5, 5.41) is 3.59. The van der Waals surface area contributed by atoms with E-state index in [2.05, 4.69) is 17.1 Å². The quantitative estimate of drug-likeness (QED) is 0.669. The molecule has 0 radical (unpaired) electrons. The van der Waals surface area contributed by atoms with Gasteiger partial charge in [0.05, 0.1) is 0 Å². The van der Waals surface area contributed by atoms with Gasteiger partial charge < -0.3 is 5.32 Å². The Labute approximate surface area is 94.4 Å². The van der Waals surface area contributed by atoms with Crippen LogP contribution in [0.1, 0.15) is 51.9 Å². The van der Waals surface area contributed by atoms with Crippen LogP contribution in [0.4, 0.5) is 0 Å². The van der Waals surface area contributed by atoms with E-state index in [0.29, 0.717) is 6.04 Å². The minimum Gasteiger partial charge on any atom is -0.313 e. The first-order valence-corrected chi connectivity index (χ1v) is 6.83. The smallest absolute Gasteiger partial charge is 0.0166 e. The summed E-state index contributed by atoms with van der Waals surface area (Å²) in [6.45, 7) is 6.13. The lowest BCUT2D eigenvalue weighted by Crippen LogP contribution is -2.41. The first-order chi connectivity index (χ1) is 7.36. The van der Waals surface area contributed by atoms with Crippen LogP contribution in [0.25, 0.3) is 0 Å². The molecule has 1 heterocycles. The molecule has 1 N–H and O–H groups in total. The molecule has 15 heavy (non-hydrogen) atoms. The maximum atomic E-state index is 3.59. The molecular formula is C13H26N2. The first kappa shape index (κ1) is 11.4. The summed E-state index contributed by atoms with van der Waals surface area (Å²) in [5.41, 5.74) is 0. The van der Waals surface area contributed by atoms with Gasteiger partial charge in [0.25, 0.3) is 0 Å². The van der Waals surface area contributed by atoms with Crippen molar-refractivity contribution in [3.8, 4) is 0 Å². The van der Waals surface area contributed by atoms with Crippen molar-refractivity contribution < 1.29 is 0 Å². The molecule has 1 unspecified atom stereocenters. The maximum Gasteiger partial charge on any atom is 0.0166 e. The largest absolute Gasteiger partial charge is 0.313 e. The average Bonchev–Trinajstić information content (AvgIpc) is 2.59. The van der Waals surface area contributed by atoms with E-state index in [4.69, 9.17) is 0 Å². The van der Waals surface area contributed by atoms with Crippen molar-refractivity contribution in [3.63, 3.8) is 0 Å². The SMILES string of the molecule is CC1CN(C2CCCCCC2)CCCN1. The Morgan fingerprint density at radius 2 is 1.73 bits per heavy atom. The lowest BCUT2D eigenvalue weighted by Gasteiger charge is -2.31. The van der Waals surface area contributed by atoms with Crippen molar-refractivity contribution in [3.05, 3.63) is 0 Å². The highest BCUT2D eigenvalue weighted by Crippen LogP contribution is 2.22. The average molecular weight is 210 g/mol. The number of nitrogens with one attached hydrogen (secondary N) is 1. The van der Waals surface area contributed by atoms with Gasteiger partial charge in [0.2, 0.25) is 0 Å². The second-order valence-electron chi connectivity index (χ2n) is 5.35. The Morgan fingerprint density at radius 1 is 1.00 bits per heavy atom. The van der Waals surface area contributed by atoms with Gasteiger partial charge in [-0.2, -0.15) is 0 Å². The lowest BCUT2D eigenvalue weighted by atomic mass is 10.1. The van der Waals surface area contributed by atoms with Crippen LogP contribution in [0.2, 0.25) is 0 Å². The van der Waals surface area contributed by atoms with E-state index < -0.39 is 0 Å². The van der Waals surface area contributed by atoms with Gasteiger partial charge in [-0.05, 0) is 39.3 Å². The molecule has 2 fully saturated rings. The van der Waals surface area contributed by atoms with Crippen molar-refractivity contribution in [2.45, 2.75) is 64.0 Å².